The van der Waals surface area contributed by atoms with E-state index in [-0.39, 0.29) is 23.1 Å². The monoisotopic (exact) mass is 273 g/mol. The third-order valence-corrected chi connectivity index (χ3v) is 4.99. The van der Waals surface area contributed by atoms with E-state index in [0.29, 0.717) is 13.0 Å². The van der Waals surface area contributed by atoms with E-state index in [9.17, 15) is 9.59 Å². The SMILES string of the molecule is CCSC(C(=O)N1CCC(C(=O)O)C1C)C(C)C. The molecule has 0 saturated carbocycles. The Labute approximate surface area is 113 Å². The van der Waals surface area contributed by atoms with E-state index in [0.717, 1.165) is 5.75 Å². The maximum Gasteiger partial charge on any atom is 0.308 e. The number of nitrogens with zero attached hydrogens (tertiary/aromatic N) is 1. The van der Waals surface area contributed by atoms with Crippen LogP contribution in [0.15, 0.2) is 0 Å². The molecular weight excluding hydrogens is 250 g/mol. The van der Waals surface area contributed by atoms with Crippen LogP contribution in [0.3, 0.4) is 0 Å². The quantitative estimate of drug-likeness (QED) is 0.833. The highest BCUT2D eigenvalue weighted by Crippen LogP contribution is 2.29. The Morgan fingerprint density at radius 3 is 2.44 bits per heavy atom. The number of carbonyl (C=O) groups excluding carboxylic acids is 1. The van der Waals surface area contributed by atoms with Crippen molar-refractivity contribution in [3.05, 3.63) is 0 Å². The van der Waals surface area contributed by atoms with Gasteiger partial charge in [-0.15, -0.1) is 11.8 Å². The fraction of sp³-hybridized carbons (Fsp3) is 0.846. The summed E-state index contributed by atoms with van der Waals surface area (Å²) in [6.07, 6.45) is 0.573. The molecule has 3 unspecified atom stereocenters. The van der Waals surface area contributed by atoms with Crippen molar-refractivity contribution in [2.75, 3.05) is 12.3 Å². The molecule has 4 nitrogen and oxygen atoms in total. The Morgan fingerprint density at radius 2 is 2.06 bits per heavy atom. The van der Waals surface area contributed by atoms with E-state index in [2.05, 4.69) is 0 Å². The van der Waals surface area contributed by atoms with Gasteiger partial charge in [0.25, 0.3) is 0 Å². The molecule has 1 fully saturated rings. The summed E-state index contributed by atoms with van der Waals surface area (Å²) in [7, 11) is 0. The van der Waals surface area contributed by atoms with Crippen LogP contribution in [0.2, 0.25) is 0 Å². The van der Waals surface area contributed by atoms with Crippen molar-refractivity contribution in [3.63, 3.8) is 0 Å². The Hall–Kier alpha value is -0.710. The van der Waals surface area contributed by atoms with E-state index in [1.54, 1.807) is 16.7 Å². The topological polar surface area (TPSA) is 57.6 Å². The number of aliphatic carboxylic acids is 1. The maximum atomic E-state index is 12.5. The number of amides is 1. The number of carboxylic acid groups (broad SMARTS) is 1. The van der Waals surface area contributed by atoms with Gasteiger partial charge in [0.15, 0.2) is 0 Å². The highest BCUT2D eigenvalue weighted by Gasteiger charge is 2.40. The molecule has 3 atom stereocenters. The first-order chi connectivity index (χ1) is 8.40. The fourth-order valence-electron chi connectivity index (χ4n) is 2.47. The van der Waals surface area contributed by atoms with Gasteiger partial charge in [-0.3, -0.25) is 9.59 Å². The van der Waals surface area contributed by atoms with Crippen LogP contribution in [-0.4, -0.2) is 45.5 Å². The Morgan fingerprint density at radius 1 is 1.44 bits per heavy atom. The number of carboxylic acids is 1. The van der Waals surface area contributed by atoms with Gasteiger partial charge in [-0.2, -0.15) is 0 Å². The molecule has 1 aliphatic rings. The predicted octanol–water partition coefficient (Wildman–Crippen LogP) is 2.09. The van der Waals surface area contributed by atoms with E-state index >= 15 is 0 Å². The molecule has 0 bridgehead atoms. The standard InChI is InChI=1S/C13H23NO3S/c1-5-18-11(8(2)3)12(15)14-7-6-10(9(14)4)13(16)17/h8-11H,5-7H2,1-4H3,(H,16,17). The molecule has 104 valence electrons. The zero-order chi connectivity index (χ0) is 13.9. The molecule has 18 heavy (non-hydrogen) atoms. The average molecular weight is 273 g/mol. The fourth-order valence-corrected chi connectivity index (χ4v) is 3.49. The largest absolute Gasteiger partial charge is 0.481 e. The molecule has 5 heteroatoms. The molecule has 1 N–H and O–H groups in total. The normalized spacial score (nSPS) is 25.5. The summed E-state index contributed by atoms with van der Waals surface area (Å²) in [4.78, 5) is 25.3. The van der Waals surface area contributed by atoms with Gasteiger partial charge in [-0.05, 0) is 25.0 Å². The van der Waals surface area contributed by atoms with Crippen LogP contribution in [-0.2, 0) is 9.59 Å². The van der Waals surface area contributed by atoms with Crippen molar-refractivity contribution in [3.8, 4) is 0 Å². The van der Waals surface area contributed by atoms with Crippen LogP contribution in [0.4, 0.5) is 0 Å². The van der Waals surface area contributed by atoms with Gasteiger partial charge in [0.1, 0.15) is 0 Å². The van der Waals surface area contributed by atoms with Crippen molar-refractivity contribution >= 4 is 23.6 Å². The molecular formula is C13H23NO3S. The molecule has 0 aromatic heterocycles. The van der Waals surface area contributed by atoms with Crippen LogP contribution in [0.25, 0.3) is 0 Å². The summed E-state index contributed by atoms with van der Waals surface area (Å²) in [6, 6.07) is -0.186. The summed E-state index contributed by atoms with van der Waals surface area (Å²) in [6.45, 7) is 8.55. The number of rotatable bonds is 5. The van der Waals surface area contributed by atoms with Crippen LogP contribution >= 0.6 is 11.8 Å². The van der Waals surface area contributed by atoms with Gasteiger partial charge in [-0.1, -0.05) is 20.8 Å². The molecule has 0 radical (unpaired) electrons. The number of thioether (sulfide) groups is 1. The summed E-state index contributed by atoms with van der Waals surface area (Å²) in [5.74, 6) is 0.0844. The van der Waals surface area contributed by atoms with E-state index in [4.69, 9.17) is 5.11 Å². The number of hydrogen-bond donors (Lipinski definition) is 1. The molecule has 1 amide bonds. The minimum atomic E-state index is -0.790. The molecule has 0 aromatic rings. The number of likely N-dealkylation sites (tertiary alicyclic amines) is 1. The maximum absolute atomic E-state index is 12.5. The average Bonchev–Trinajstić information content (AvgIpc) is 2.66. The predicted molar refractivity (Wildman–Crippen MR) is 73.7 cm³/mol. The van der Waals surface area contributed by atoms with Crippen molar-refractivity contribution in [1.82, 2.24) is 4.90 Å². The highest BCUT2D eigenvalue weighted by molar-refractivity contribution is 8.00. The van der Waals surface area contributed by atoms with E-state index < -0.39 is 11.9 Å². The third-order valence-electron chi connectivity index (χ3n) is 3.55. The number of carbonyl (C=O) groups is 2. The second-order valence-electron chi connectivity index (χ2n) is 5.13. The molecule has 0 aliphatic carbocycles. The Balaban J connectivity index is 2.75. The summed E-state index contributed by atoms with van der Waals surface area (Å²) >= 11 is 1.65. The first-order valence-electron chi connectivity index (χ1n) is 6.55. The van der Waals surface area contributed by atoms with Crippen LogP contribution < -0.4 is 0 Å². The van der Waals surface area contributed by atoms with Gasteiger partial charge < -0.3 is 10.0 Å². The lowest BCUT2D eigenvalue weighted by Gasteiger charge is -2.29. The van der Waals surface area contributed by atoms with Crippen LogP contribution in [0.5, 0.6) is 0 Å². The second-order valence-corrected chi connectivity index (χ2v) is 6.54. The van der Waals surface area contributed by atoms with Gasteiger partial charge in [0.2, 0.25) is 5.91 Å². The van der Waals surface area contributed by atoms with Gasteiger partial charge in [0.05, 0.1) is 11.2 Å². The molecule has 1 aliphatic heterocycles. The summed E-state index contributed by atoms with van der Waals surface area (Å²) in [5.41, 5.74) is 0. The van der Waals surface area contributed by atoms with Crippen molar-refractivity contribution in [1.29, 1.82) is 0 Å². The minimum absolute atomic E-state index is 0.0509. The smallest absolute Gasteiger partial charge is 0.308 e. The van der Waals surface area contributed by atoms with Crippen molar-refractivity contribution in [2.24, 2.45) is 11.8 Å². The molecule has 1 rings (SSSR count). The van der Waals surface area contributed by atoms with Gasteiger partial charge in [0, 0.05) is 12.6 Å². The molecule has 0 aromatic carbocycles. The summed E-state index contributed by atoms with van der Waals surface area (Å²) < 4.78 is 0. The van der Waals surface area contributed by atoms with Gasteiger partial charge in [-0.25, -0.2) is 0 Å². The lowest BCUT2D eigenvalue weighted by Crippen LogP contribution is -2.43. The number of hydrogen-bond acceptors (Lipinski definition) is 3. The molecule has 1 saturated heterocycles. The Kier molecular flexibility index (Phi) is 5.50. The van der Waals surface area contributed by atoms with Crippen LogP contribution in [0.1, 0.15) is 34.1 Å². The zero-order valence-electron chi connectivity index (χ0n) is 11.5. The van der Waals surface area contributed by atoms with Crippen LogP contribution in [0, 0.1) is 11.8 Å². The van der Waals surface area contributed by atoms with E-state index in [1.807, 2.05) is 27.7 Å². The minimum Gasteiger partial charge on any atom is -0.481 e. The second kappa shape index (κ2) is 6.45. The first-order valence-corrected chi connectivity index (χ1v) is 7.59. The molecule has 1 heterocycles. The van der Waals surface area contributed by atoms with Crippen molar-refractivity contribution in [2.45, 2.75) is 45.4 Å². The van der Waals surface area contributed by atoms with E-state index in [1.165, 1.54) is 0 Å². The third kappa shape index (κ3) is 3.19. The van der Waals surface area contributed by atoms with Gasteiger partial charge >= 0.3 is 5.97 Å². The zero-order valence-corrected chi connectivity index (χ0v) is 12.4. The highest BCUT2D eigenvalue weighted by atomic mass is 32.2. The Bertz CT molecular complexity index is 319. The summed E-state index contributed by atoms with van der Waals surface area (Å²) in [5, 5.41) is 9.04. The van der Waals surface area contributed by atoms with Crippen molar-refractivity contribution < 1.29 is 14.7 Å². The lowest BCUT2D eigenvalue weighted by molar-refractivity contribution is -0.143. The first kappa shape index (κ1) is 15.3. The lowest BCUT2D eigenvalue weighted by atomic mass is 10.0. The molecule has 0 spiro atoms.